The van der Waals surface area contributed by atoms with Crippen LogP contribution in [0, 0.1) is 5.92 Å². The minimum atomic E-state index is -0.507. The molecule has 1 aromatic carbocycles. The van der Waals surface area contributed by atoms with Crippen LogP contribution in [0.25, 0.3) is 0 Å². The Morgan fingerprint density at radius 3 is 2.59 bits per heavy atom. The van der Waals surface area contributed by atoms with Crippen molar-refractivity contribution >= 4 is 40.6 Å². The summed E-state index contributed by atoms with van der Waals surface area (Å²) in [4.78, 5) is 33.6. The lowest BCUT2D eigenvalue weighted by Crippen LogP contribution is -2.36. The zero-order valence-electron chi connectivity index (χ0n) is 18.0. The van der Waals surface area contributed by atoms with Gasteiger partial charge in [0.25, 0.3) is 0 Å². The van der Waals surface area contributed by atoms with E-state index >= 15 is 0 Å². The van der Waals surface area contributed by atoms with E-state index in [0.29, 0.717) is 41.1 Å². The number of pyridine rings is 1. The van der Waals surface area contributed by atoms with E-state index in [-0.39, 0.29) is 24.8 Å². The van der Waals surface area contributed by atoms with Crippen LogP contribution in [0.15, 0.2) is 30.5 Å². The van der Waals surface area contributed by atoms with Gasteiger partial charge in [0.1, 0.15) is 17.3 Å². The average Bonchev–Trinajstić information content (AvgIpc) is 3.21. The molecular formula is C22H25ClN4O5. The van der Waals surface area contributed by atoms with E-state index in [9.17, 15) is 9.59 Å². The summed E-state index contributed by atoms with van der Waals surface area (Å²) < 4.78 is 16.0. The number of carbonyl (C=O) groups is 2. The Labute approximate surface area is 191 Å². The maximum absolute atomic E-state index is 12.8. The third-order valence-corrected chi connectivity index (χ3v) is 5.89. The molecule has 1 unspecified atom stereocenters. The van der Waals surface area contributed by atoms with Crippen molar-refractivity contribution in [1.82, 2.24) is 4.98 Å². The van der Waals surface area contributed by atoms with E-state index in [0.717, 1.165) is 18.9 Å². The summed E-state index contributed by atoms with van der Waals surface area (Å²) in [6, 6.07) is 6.93. The average molecular weight is 461 g/mol. The highest BCUT2D eigenvalue weighted by atomic mass is 35.5. The fourth-order valence-corrected chi connectivity index (χ4v) is 4.09. The van der Waals surface area contributed by atoms with Crippen molar-refractivity contribution in [3.8, 4) is 11.5 Å². The second-order valence-electron chi connectivity index (χ2n) is 7.56. The molecule has 2 fully saturated rings. The Hall–Kier alpha value is -3.04. The summed E-state index contributed by atoms with van der Waals surface area (Å²) in [6.45, 7) is 3.16. The molecule has 1 aromatic heterocycles. The molecule has 2 aliphatic rings. The molecule has 0 radical (unpaired) electrons. The number of methoxy groups -OCH3 is 2. The van der Waals surface area contributed by atoms with Crippen molar-refractivity contribution in [1.29, 1.82) is 0 Å². The Balaban J connectivity index is 1.43. The van der Waals surface area contributed by atoms with Gasteiger partial charge in [-0.3, -0.25) is 9.59 Å². The van der Waals surface area contributed by atoms with Crippen molar-refractivity contribution in [2.75, 3.05) is 62.2 Å². The van der Waals surface area contributed by atoms with E-state index in [1.807, 2.05) is 12.1 Å². The van der Waals surface area contributed by atoms with E-state index in [4.69, 9.17) is 25.8 Å². The molecule has 10 heteroatoms. The van der Waals surface area contributed by atoms with Crippen LogP contribution in [0.3, 0.4) is 0 Å². The van der Waals surface area contributed by atoms with Crippen LogP contribution in [0.4, 0.5) is 17.2 Å². The fraction of sp³-hybridized carbons (Fsp3) is 0.409. The third-order valence-electron chi connectivity index (χ3n) is 5.59. The van der Waals surface area contributed by atoms with Crippen molar-refractivity contribution in [3.63, 3.8) is 0 Å². The van der Waals surface area contributed by atoms with Gasteiger partial charge in [0.05, 0.1) is 55.9 Å². The zero-order valence-corrected chi connectivity index (χ0v) is 18.7. The SMILES string of the molecule is COc1cc(OC)c(N2CC(C(=O)Nc3ccc(N4CCOCC4)nc3)CC2=O)cc1Cl. The highest BCUT2D eigenvalue weighted by Crippen LogP contribution is 2.40. The quantitative estimate of drug-likeness (QED) is 0.708. The Morgan fingerprint density at radius 1 is 1.19 bits per heavy atom. The molecule has 1 N–H and O–H groups in total. The maximum atomic E-state index is 12.8. The largest absolute Gasteiger partial charge is 0.495 e. The maximum Gasteiger partial charge on any atom is 0.229 e. The first kappa shape index (κ1) is 22.2. The normalized spacial score (nSPS) is 18.6. The number of morpholine rings is 1. The molecular weight excluding hydrogens is 436 g/mol. The second kappa shape index (κ2) is 9.62. The molecule has 0 bridgehead atoms. The van der Waals surface area contributed by atoms with Crippen LogP contribution in [-0.4, -0.2) is 63.9 Å². The molecule has 170 valence electrons. The topological polar surface area (TPSA) is 93.2 Å². The lowest BCUT2D eigenvalue weighted by Gasteiger charge is -2.27. The second-order valence-corrected chi connectivity index (χ2v) is 7.96. The summed E-state index contributed by atoms with van der Waals surface area (Å²) in [5, 5.41) is 3.22. The fourth-order valence-electron chi connectivity index (χ4n) is 3.85. The molecule has 0 saturated carbocycles. The number of carbonyl (C=O) groups excluding carboxylic acids is 2. The zero-order chi connectivity index (χ0) is 22.7. The van der Waals surface area contributed by atoms with Gasteiger partial charge in [0.15, 0.2) is 0 Å². The number of rotatable bonds is 6. The summed E-state index contributed by atoms with van der Waals surface area (Å²) >= 11 is 6.24. The standard InChI is InChI=1S/C22H25ClN4O5/c1-30-18-11-19(31-2)17(10-16(18)23)27-13-14(9-21(27)28)22(29)25-15-3-4-20(24-12-15)26-5-7-32-8-6-26/h3-4,10-12,14H,5-9,13H2,1-2H3,(H,25,29). The molecule has 4 rings (SSSR count). The molecule has 9 nitrogen and oxygen atoms in total. The molecule has 2 aromatic rings. The van der Waals surface area contributed by atoms with Gasteiger partial charge < -0.3 is 29.3 Å². The van der Waals surface area contributed by atoms with Crippen LogP contribution in [0.2, 0.25) is 5.02 Å². The monoisotopic (exact) mass is 460 g/mol. The lowest BCUT2D eigenvalue weighted by molar-refractivity contribution is -0.122. The number of aromatic nitrogens is 1. The number of nitrogens with one attached hydrogen (secondary N) is 1. The predicted molar refractivity (Wildman–Crippen MR) is 121 cm³/mol. The molecule has 3 heterocycles. The van der Waals surface area contributed by atoms with Gasteiger partial charge in [-0.05, 0) is 18.2 Å². The number of benzene rings is 1. The van der Waals surface area contributed by atoms with Crippen LogP contribution < -0.4 is 24.6 Å². The molecule has 2 aliphatic heterocycles. The molecule has 1 atom stereocenters. The highest BCUT2D eigenvalue weighted by Gasteiger charge is 2.36. The summed E-state index contributed by atoms with van der Waals surface area (Å²) in [5.74, 6) is 0.819. The van der Waals surface area contributed by atoms with Crippen LogP contribution in [0.5, 0.6) is 11.5 Å². The summed E-state index contributed by atoms with van der Waals surface area (Å²) in [6.07, 6.45) is 1.72. The van der Waals surface area contributed by atoms with Gasteiger partial charge in [-0.1, -0.05) is 11.6 Å². The van der Waals surface area contributed by atoms with Gasteiger partial charge >= 0.3 is 0 Å². The van der Waals surface area contributed by atoms with Crippen LogP contribution >= 0.6 is 11.6 Å². The minimum absolute atomic E-state index is 0.0952. The number of hydrogen-bond donors (Lipinski definition) is 1. The van der Waals surface area contributed by atoms with E-state index in [2.05, 4.69) is 15.2 Å². The molecule has 2 amide bonds. The molecule has 0 aliphatic carbocycles. The summed E-state index contributed by atoms with van der Waals surface area (Å²) in [5.41, 5.74) is 1.10. The smallest absolute Gasteiger partial charge is 0.229 e. The highest BCUT2D eigenvalue weighted by molar-refractivity contribution is 6.32. The first-order valence-corrected chi connectivity index (χ1v) is 10.7. The van der Waals surface area contributed by atoms with Crippen molar-refractivity contribution < 1.29 is 23.8 Å². The Bertz CT molecular complexity index is 995. The van der Waals surface area contributed by atoms with Crippen molar-refractivity contribution in [3.05, 3.63) is 35.5 Å². The van der Waals surface area contributed by atoms with Gasteiger partial charge in [0.2, 0.25) is 11.8 Å². The van der Waals surface area contributed by atoms with Gasteiger partial charge in [-0.15, -0.1) is 0 Å². The number of amides is 2. The number of halogens is 1. The first-order valence-electron chi connectivity index (χ1n) is 10.3. The molecule has 2 saturated heterocycles. The number of anilines is 3. The van der Waals surface area contributed by atoms with E-state index < -0.39 is 5.92 Å². The molecule has 32 heavy (non-hydrogen) atoms. The van der Waals surface area contributed by atoms with Crippen LogP contribution in [0.1, 0.15) is 6.42 Å². The lowest BCUT2D eigenvalue weighted by atomic mass is 10.1. The predicted octanol–water partition coefficient (Wildman–Crippen LogP) is 2.58. The Morgan fingerprint density at radius 2 is 1.94 bits per heavy atom. The van der Waals surface area contributed by atoms with Gasteiger partial charge in [0, 0.05) is 32.1 Å². The number of nitrogens with zero attached hydrogens (tertiary/aromatic N) is 3. The Kier molecular flexibility index (Phi) is 6.66. The third kappa shape index (κ3) is 4.58. The molecule has 0 spiro atoms. The van der Waals surface area contributed by atoms with E-state index in [1.54, 1.807) is 18.3 Å². The number of hydrogen-bond acceptors (Lipinski definition) is 7. The van der Waals surface area contributed by atoms with Crippen molar-refractivity contribution in [2.24, 2.45) is 5.92 Å². The van der Waals surface area contributed by atoms with Crippen LogP contribution in [-0.2, 0) is 14.3 Å². The van der Waals surface area contributed by atoms with Gasteiger partial charge in [-0.2, -0.15) is 0 Å². The number of ether oxygens (including phenoxy) is 3. The van der Waals surface area contributed by atoms with Gasteiger partial charge in [-0.25, -0.2) is 4.98 Å². The summed E-state index contributed by atoms with van der Waals surface area (Å²) in [7, 11) is 3.01. The van der Waals surface area contributed by atoms with Crippen molar-refractivity contribution in [2.45, 2.75) is 6.42 Å². The minimum Gasteiger partial charge on any atom is -0.495 e. The first-order chi connectivity index (χ1) is 15.5. The van der Waals surface area contributed by atoms with E-state index in [1.165, 1.54) is 19.1 Å².